The molecule has 0 bridgehead atoms. The third-order valence-corrected chi connectivity index (χ3v) is 2.40. The number of hydrogen-bond donors (Lipinski definition) is 1. The SMILES string of the molecule is Cc1ccnc(C(O)c2ccc(F)cc2)c1. The van der Waals surface area contributed by atoms with Crippen molar-refractivity contribution in [2.24, 2.45) is 0 Å². The van der Waals surface area contributed by atoms with E-state index in [-0.39, 0.29) is 5.82 Å². The van der Waals surface area contributed by atoms with Crippen LogP contribution in [0.15, 0.2) is 42.6 Å². The average Bonchev–Trinajstić information content (AvgIpc) is 2.29. The van der Waals surface area contributed by atoms with E-state index in [1.807, 2.05) is 19.1 Å². The highest BCUT2D eigenvalue weighted by molar-refractivity contribution is 5.27. The number of halogens is 1. The van der Waals surface area contributed by atoms with Crippen molar-refractivity contribution < 1.29 is 9.50 Å². The Balaban J connectivity index is 2.31. The first-order valence-electron chi connectivity index (χ1n) is 5.03. The Morgan fingerprint density at radius 3 is 2.50 bits per heavy atom. The molecule has 0 aliphatic carbocycles. The van der Waals surface area contributed by atoms with Crippen LogP contribution < -0.4 is 0 Å². The van der Waals surface area contributed by atoms with Crippen LogP contribution in [0.1, 0.15) is 22.9 Å². The molecular weight excluding hydrogens is 205 g/mol. The molecule has 1 aromatic carbocycles. The molecule has 1 atom stereocenters. The fourth-order valence-corrected chi connectivity index (χ4v) is 1.52. The third kappa shape index (κ3) is 2.25. The van der Waals surface area contributed by atoms with Crippen LogP contribution in [0, 0.1) is 12.7 Å². The third-order valence-electron chi connectivity index (χ3n) is 2.40. The van der Waals surface area contributed by atoms with E-state index in [1.54, 1.807) is 18.3 Å². The highest BCUT2D eigenvalue weighted by atomic mass is 19.1. The summed E-state index contributed by atoms with van der Waals surface area (Å²) in [5, 5.41) is 10.0. The monoisotopic (exact) mass is 217 g/mol. The first-order chi connectivity index (χ1) is 7.66. The highest BCUT2D eigenvalue weighted by Crippen LogP contribution is 2.20. The Kier molecular flexibility index (Phi) is 2.97. The normalized spacial score (nSPS) is 12.4. The lowest BCUT2D eigenvalue weighted by Crippen LogP contribution is -2.02. The number of rotatable bonds is 2. The van der Waals surface area contributed by atoms with Crippen LogP contribution in [0.25, 0.3) is 0 Å². The molecule has 82 valence electrons. The molecule has 0 aliphatic rings. The van der Waals surface area contributed by atoms with Crippen molar-refractivity contribution >= 4 is 0 Å². The van der Waals surface area contributed by atoms with Crippen LogP contribution in [0.3, 0.4) is 0 Å². The Labute approximate surface area is 93.4 Å². The summed E-state index contributed by atoms with van der Waals surface area (Å²) in [5.41, 5.74) is 2.25. The van der Waals surface area contributed by atoms with Gasteiger partial charge in [0.25, 0.3) is 0 Å². The molecule has 1 N–H and O–H groups in total. The summed E-state index contributed by atoms with van der Waals surface area (Å²) in [7, 11) is 0. The summed E-state index contributed by atoms with van der Waals surface area (Å²) in [4.78, 5) is 4.09. The van der Waals surface area contributed by atoms with Crippen LogP contribution in [-0.4, -0.2) is 10.1 Å². The minimum absolute atomic E-state index is 0.312. The van der Waals surface area contributed by atoms with Gasteiger partial charge in [-0.3, -0.25) is 4.98 Å². The Morgan fingerprint density at radius 1 is 1.19 bits per heavy atom. The maximum Gasteiger partial charge on any atom is 0.123 e. The quantitative estimate of drug-likeness (QED) is 0.838. The van der Waals surface area contributed by atoms with E-state index >= 15 is 0 Å². The van der Waals surface area contributed by atoms with Crippen molar-refractivity contribution in [3.05, 3.63) is 65.2 Å². The second-order valence-corrected chi connectivity index (χ2v) is 3.71. The van der Waals surface area contributed by atoms with Gasteiger partial charge in [-0.1, -0.05) is 12.1 Å². The lowest BCUT2D eigenvalue weighted by molar-refractivity contribution is 0.215. The number of nitrogens with zero attached hydrogens (tertiary/aromatic N) is 1. The summed E-state index contributed by atoms with van der Waals surface area (Å²) in [6, 6.07) is 9.45. The molecule has 0 aliphatic heterocycles. The van der Waals surface area contributed by atoms with E-state index in [4.69, 9.17) is 0 Å². The van der Waals surface area contributed by atoms with Crippen LogP contribution in [0.4, 0.5) is 4.39 Å². The van der Waals surface area contributed by atoms with E-state index in [9.17, 15) is 9.50 Å². The summed E-state index contributed by atoms with van der Waals surface area (Å²) in [5.74, 6) is -0.312. The lowest BCUT2D eigenvalue weighted by Gasteiger charge is -2.10. The number of benzene rings is 1. The molecule has 1 heterocycles. The summed E-state index contributed by atoms with van der Waals surface area (Å²) < 4.78 is 12.7. The molecule has 0 amide bonds. The van der Waals surface area contributed by atoms with Gasteiger partial charge in [0.15, 0.2) is 0 Å². The van der Waals surface area contributed by atoms with Gasteiger partial charge in [0, 0.05) is 6.20 Å². The largest absolute Gasteiger partial charge is 0.382 e. The van der Waals surface area contributed by atoms with Crippen LogP contribution in [0.5, 0.6) is 0 Å². The zero-order chi connectivity index (χ0) is 11.5. The van der Waals surface area contributed by atoms with Gasteiger partial charge in [-0.15, -0.1) is 0 Å². The van der Waals surface area contributed by atoms with Gasteiger partial charge in [-0.25, -0.2) is 4.39 Å². The Hall–Kier alpha value is -1.74. The second kappa shape index (κ2) is 4.41. The topological polar surface area (TPSA) is 33.1 Å². The Morgan fingerprint density at radius 2 is 1.88 bits per heavy atom. The van der Waals surface area contributed by atoms with Gasteiger partial charge in [-0.2, -0.15) is 0 Å². The standard InChI is InChI=1S/C13H12FNO/c1-9-6-7-15-12(8-9)13(16)10-2-4-11(14)5-3-10/h2-8,13,16H,1H3. The highest BCUT2D eigenvalue weighted by Gasteiger charge is 2.11. The summed E-state index contributed by atoms with van der Waals surface area (Å²) >= 11 is 0. The number of aliphatic hydroxyl groups excluding tert-OH is 1. The molecule has 2 rings (SSSR count). The molecule has 0 radical (unpaired) electrons. The molecule has 2 nitrogen and oxygen atoms in total. The fraction of sp³-hybridized carbons (Fsp3) is 0.154. The number of aryl methyl sites for hydroxylation is 1. The summed E-state index contributed by atoms with van der Waals surface area (Å²) in [6.45, 7) is 1.93. The zero-order valence-electron chi connectivity index (χ0n) is 8.89. The van der Waals surface area contributed by atoms with Gasteiger partial charge >= 0.3 is 0 Å². The van der Waals surface area contributed by atoms with Crippen LogP contribution in [0.2, 0.25) is 0 Å². The van der Waals surface area contributed by atoms with E-state index in [1.165, 1.54) is 12.1 Å². The fourth-order valence-electron chi connectivity index (χ4n) is 1.52. The summed E-state index contributed by atoms with van der Waals surface area (Å²) in [6.07, 6.45) is 0.845. The van der Waals surface area contributed by atoms with E-state index in [2.05, 4.69) is 4.98 Å². The van der Waals surface area contributed by atoms with E-state index in [0.717, 1.165) is 5.56 Å². The van der Waals surface area contributed by atoms with E-state index < -0.39 is 6.10 Å². The van der Waals surface area contributed by atoms with Gasteiger partial charge in [0.05, 0.1) is 5.69 Å². The minimum Gasteiger partial charge on any atom is -0.382 e. The minimum atomic E-state index is -0.805. The molecule has 0 saturated heterocycles. The molecule has 1 unspecified atom stereocenters. The molecule has 0 fully saturated rings. The van der Waals surface area contributed by atoms with Crippen molar-refractivity contribution in [1.82, 2.24) is 4.98 Å². The maximum atomic E-state index is 12.7. The van der Waals surface area contributed by atoms with Crippen molar-refractivity contribution in [3.8, 4) is 0 Å². The first kappa shape index (κ1) is 10.8. The van der Waals surface area contributed by atoms with Crippen molar-refractivity contribution in [2.45, 2.75) is 13.0 Å². The van der Waals surface area contributed by atoms with Crippen molar-refractivity contribution in [3.63, 3.8) is 0 Å². The predicted octanol–water partition coefficient (Wildman–Crippen LogP) is 2.61. The number of hydrogen-bond acceptors (Lipinski definition) is 2. The van der Waals surface area contributed by atoms with Crippen LogP contribution >= 0.6 is 0 Å². The molecular formula is C13H12FNO. The number of pyridine rings is 1. The first-order valence-corrected chi connectivity index (χ1v) is 5.03. The maximum absolute atomic E-state index is 12.7. The number of aliphatic hydroxyl groups is 1. The molecule has 2 aromatic rings. The molecule has 3 heteroatoms. The molecule has 16 heavy (non-hydrogen) atoms. The number of aromatic nitrogens is 1. The van der Waals surface area contributed by atoms with E-state index in [0.29, 0.717) is 11.3 Å². The molecule has 0 saturated carbocycles. The van der Waals surface area contributed by atoms with Gasteiger partial charge in [0.2, 0.25) is 0 Å². The zero-order valence-corrected chi connectivity index (χ0v) is 8.89. The van der Waals surface area contributed by atoms with Gasteiger partial charge < -0.3 is 5.11 Å². The molecule has 0 spiro atoms. The van der Waals surface area contributed by atoms with Gasteiger partial charge in [0.1, 0.15) is 11.9 Å². The predicted molar refractivity (Wildman–Crippen MR) is 59.4 cm³/mol. The average molecular weight is 217 g/mol. The van der Waals surface area contributed by atoms with Crippen molar-refractivity contribution in [1.29, 1.82) is 0 Å². The van der Waals surface area contributed by atoms with Crippen molar-refractivity contribution in [2.75, 3.05) is 0 Å². The second-order valence-electron chi connectivity index (χ2n) is 3.71. The van der Waals surface area contributed by atoms with Gasteiger partial charge in [-0.05, 0) is 42.3 Å². The molecule has 1 aromatic heterocycles. The lowest BCUT2D eigenvalue weighted by atomic mass is 10.1. The Bertz CT molecular complexity index is 482. The smallest absolute Gasteiger partial charge is 0.123 e. The van der Waals surface area contributed by atoms with Crippen LogP contribution in [-0.2, 0) is 0 Å².